The van der Waals surface area contributed by atoms with Crippen LogP contribution in [0.1, 0.15) is 22.8 Å². The van der Waals surface area contributed by atoms with Crippen molar-refractivity contribution in [2.75, 3.05) is 6.61 Å². The van der Waals surface area contributed by atoms with Crippen LogP contribution in [0.4, 0.5) is 13.2 Å². The van der Waals surface area contributed by atoms with Gasteiger partial charge in [-0.05, 0) is 37.6 Å². The molecule has 1 rings (SSSR count). The predicted molar refractivity (Wildman–Crippen MR) is 53.8 cm³/mol. The SMILES string of the molecule is CCOC(=O)c1ccc(OC(F)(F)F)c(C)c1. The van der Waals surface area contributed by atoms with E-state index < -0.39 is 12.3 Å². The van der Waals surface area contributed by atoms with Crippen LogP contribution >= 0.6 is 0 Å². The minimum absolute atomic E-state index is 0.193. The van der Waals surface area contributed by atoms with Gasteiger partial charge in [-0.25, -0.2) is 4.79 Å². The van der Waals surface area contributed by atoms with Crippen molar-refractivity contribution in [2.24, 2.45) is 0 Å². The van der Waals surface area contributed by atoms with Crippen molar-refractivity contribution in [3.63, 3.8) is 0 Å². The van der Waals surface area contributed by atoms with Crippen LogP contribution in [0.15, 0.2) is 18.2 Å². The van der Waals surface area contributed by atoms with Crippen LogP contribution in [-0.4, -0.2) is 18.9 Å². The van der Waals surface area contributed by atoms with Gasteiger partial charge in [0.25, 0.3) is 0 Å². The normalized spacial score (nSPS) is 11.1. The summed E-state index contributed by atoms with van der Waals surface area (Å²) < 4.78 is 44.5. The lowest BCUT2D eigenvalue weighted by Crippen LogP contribution is -2.18. The van der Waals surface area contributed by atoms with E-state index in [4.69, 9.17) is 4.74 Å². The standard InChI is InChI=1S/C11H11F3O3/c1-3-16-10(15)8-4-5-9(7(2)6-8)17-11(12,13)14/h4-6H,3H2,1-2H3. The molecular weight excluding hydrogens is 237 g/mol. The van der Waals surface area contributed by atoms with Crippen LogP contribution in [0, 0.1) is 6.92 Å². The number of halogens is 3. The second-order valence-corrected chi connectivity index (χ2v) is 3.25. The van der Waals surface area contributed by atoms with Gasteiger partial charge in [-0.1, -0.05) is 0 Å². The Hall–Kier alpha value is -1.72. The van der Waals surface area contributed by atoms with Gasteiger partial charge in [0.1, 0.15) is 5.75 Å². The zero-order chi connectivity index (χ0) is 13.1. The van der Waals surface area contributed by atoms with Crippen LogP contribution in [0.2, 0.25) is 0 Å². The van der Waals surface area contributed by atoms with Gasteiger partial charge in [0.15, 0.2) is 0 Å². The van der Waals surface area contributed by atoms with E-state index in [1.54, 1.807) is 6.92 Å². The van der Waals surface area contributed by atoms with E-state index in [-0.39, 0.29) is 23.5 Å². The predicted octanol–water partition coefficient (Wildman–Crippen LogP) is 3.07. The lowest BCUT2D eigenvalue weighted by molar-refractivity contribution is -0.274. The van der Waals surface area contributed by atoms with Gasteiger partial charge in [-0.15, -0.1) is 13.2 Å². The average molecular weight is 248 g/mol. The highest BCUT2D eigenvalue weighted by Gasteiger charge is 2.31. The van der Waals surface area contributed by atoms with E-state index in [2.05, 4.69) is 4.74 Å². The Morgan fingerprint density at radius 2 is 2.00 bits per heavy atom. The second-order valence-electron chi connectivity index (χ2n) is 3.25. The number of alkyl halides is 3. The van der Waals surface area contributed by atoms with E-state index in [1.807, 2.05) is 0 Å². The fraction of sp³-hybridized carbons (Fsp3) is 0.364. The topological polar surface area (TPSA) is 35.5 Å². The first kappa shape index (κ1) is 13.3. The molecule has 0 aliphatic heterocycles. The Morgan fingerprint density at radius 3 is 2.47 bits per heavy atom. The Balaban J connectivity index is 2.90. The number of ether oxygens (including phenoxy) is 2. The molecule has 0 atom stereocenters. The first-order valence-electron chi connectivity index (χ1n) is 4.87. The van der Waals surface area contributed by atoms with E-state index in [0.29, 0.717) is 0 Å². The maximum absolute atomic E-state index is 12.0. The molecule has 0 aromatic heterocycles. The minimum Gasteiger partial charge on any atom is -0.462 e. The minimum atomic E-state index is -4.74. The summed E-state index contributed by atoms with van der Waals surface area (Å²) in [6.07, 6.45) is -4.74. The molecule has 0 spiro atoms. The van der Waals surface area contributed by atoms with Gasteiger partial charge in [-0.2, -0.15) is 0 Å². The number of carbonyl (C=O) groups is 1. The van der Waals surface area contributed by atoms with Crippen LogP contribution in [0.5, 0.6) is 5.75 Å². The molecule has 6 heteroatoms. The molecule has 0 saturated heterocycles. The quantitative estimate of drug-likeness (QED) is 0.771. The molecule has 1 aromatic rings. The summed E-state index contributed by atoms with van der Waals surface area (Å²) in [6.45, 7) is 3.27. The molecule has 3 nitrogen and oxygen atoms in total. The molecule has 0 unspecified atom stereocenters. The number of esters is 1. The summed E-state index contributed by atoms with van der Waals surface area (Å²) in [5, 5.41) is 0. The summed E-state index contributed by atoms with van der Waals surface area (Å²) in [6, 6.07) is 3.61. The van der Waals surface area contributed by atoms with E-state index >= 15 is 0 Å². The summed E-state index contributed by atoms with van der Waals surface area (Å²) >= 11 is 0. The zero-order valence-electron chi connectivity index (χ0n) is 9.30. The van der Waals surface area contributed by atoms with E-state index in [1.165, 1.54) is 19.1 Å². The van der Waals surface area contributed by atoms with Gasteiger partial charge in [0.05, 0.1) is 12.2 Å². The van der Waals surface area contributed by atoms with Crippen molar-refractivity contribution in [3.8, 4) is 5.75 Å². The van der Waals surface area contributed by atoms with Crippen molar-refractivity contribution in [2.45, 2.75) is 20.2 Å². The van der Waals surface area contributed by atoms with Crippen molar-refractivity contribution >= 4 is 5.97 Å². The zero-order valence-corrected chi connectivity index (χ0v) is 9.30. The molecule has 0 aliphatic carbocycles. The average Bonchev–Trinajstić information content (AvgIpc) is 2.19. The van der Waals surface area contributed by atoms with Crippen molar-refractivity contribution < 1.29 is 27.4 Å². The van der Waals surface area contributed by atoms with Crippen LogP contribution in [0.3, 0.4) is 0 Å². The number of hydrogen-bond donors (Lipinski definition) is 0. The smallest absolute Gasteiger partial charge is 0.462 e. The third-order valence-corrected chi connectivity index (χ3v) is 1.91. The lowest BCUT2D eigenvalue weighted by atomic mass is 10.1. The van der Waals surface area contributed by atoms with Gasteiger partial charge < -0.3 is 9.47 Å². The fourth-order valence-electron chi connectivity index (χ4n) is 1.23. The van der Waals surface area contributed by atoms with Gasteiger partial charge in [0.2, 0.25) is 0 Å². The van der Waals surface area contributed by atoms with Crippen LogP contribution in [0.25, 0.3) is 0 Å². The van der Waals surface area contributed by atoms with Crippen LogP contribution < -0.4 is 4.74 Å². The first-order valence-corrected chi connectivity index (χ1v) is 4.87. The second kappa shape index (κ2) is 5.07. The molecule has 0 saturated carbocycles. The number of benzene rings is 1. The molecular formula is C11H11F3O3. The third-order valence-electron chi connectivity index (χ3n) is 1.91. The monoisotopic (exact) mass is 248 g/mol. The highest BCUT2D eigenvalue weighted by molar-refractivity contribution is 5.89. The van der Waals surface area contributed by atoms with Gasteiger partial charge in [0, 0.05) is 0 Å². The van der Waals surface area contributed by atoms with Crippen LogP contribution in [-0.2, 0) is 4.74 Å². The number of aryl methyl sites for hydroxylation is 1. The number of hydrogen-bond acceptors (Lipinski definition) is 3. The molecule has 17 heavy (non-hydrogen) atoms. The molecule has 0 fully saturated rings. The fourth-order valence-corrected chi connectivity index (χ4v) is 1.23. The molecule has 0 radical (unpaired) electrons. The van der Waals surface area contributed by atoms with Gasteiger partial charge in [-0.3, -0.25) is 0 Å². The summed E-state index contributed by atoms with van der Waals surface area (Å²) in [5.41, 5.74) is 0.409. The summed E-state index contributed by atoms with van der Waals surface area (Å²) in [5.74, 6) is -0.903. The van der Waals surface area contributed by atoms with Crippen molar-refractivity contribution in [3.05, 3.63) is 29.3 Å². The number of carbonyl (C=O) groups excluding carboxylic acids is 1. The Kier molecular flexibility index (Phi) is 3.98. The van der Waals surface area contributed by atoms with E-state index in [9.17, 15) is 18.0 Å². The highest BCUT2D eigenvalue weighted by atomic mass is 19.4. The van der Waals surface area contributed by atoms with Crippen molar-refractivity contribution in [1.29, 1.82) is 0 Å². The Morgan fingerprint density at radius 1 is 1.35 bits per heavy atom. The molecule has 0 bridgehead atoms. The first-order chi connectivity index (χ1) is 7.83. The van der Waals surface area contributed by atoms with Gasteiger partial charge >= 0.3 is 12.3 Å². The maximum atomic E-state index is 12.0. The molecule has 0 aliphatic rings. The largest absolute Gasteiger partial charge is 0.573 e. The molecule has 1 aromatic carbocycles. The van der Waals surface area contributed by atoms with Crippen molar-refractivity contribution in [1.82, 2.24) is 0 Å². The maximum Gasteiger partial charge on any atom is 0.573 e. The Bertz CT molecular complexity index is 413. The van der Waals surface area contributed by atoms with E-state index in [0.717, 1.165) is 6.07 Å². The highest BCUT2D eigenvalue weighted by Crippen LogP contribution is 2.26. The third kappa shape index (κ3) is 3.97. The summed E-state index contributed by atoms with van der Waals surface area (Å²) in [4.78, 5) is 11.3. The number of rotatable bonds is 3. The molecule has 0 N–H and O–H groups in total. The summed E-state index contributed by atoms with van der Waals surface area (Å²) in [7, 11) is 0. The molecule has 0 amide bonds. The molecule has 0 heterocycles. The lowest BCUT2D eigenvalue weighted by Gasteiger charge is -2.11. The Labute approximate surface area is 96.1 Å². The molecule has 94 valence electrons.